The van der Waals surface area contributed by atoms with Gasteiger partial charge in [0, 0.05) is 6.92 Å². The van der Waals surface area contributed by atoms with E-state index in [1.54, 1.807) is 13.0 Å². The Morgan fingerprint density at radius 2 is 2.57 bits per heavy atom. The Hall–Kier alpha value is -0.370. The summed E-state index contributed by atoms with van der Waals surface area (Å²) in [5.74, 6) is 0. The highest BCUT2D eigenvalue weighted by Crippen LogP contribution is 1.77. The third kappa shape index (κ3) is 5.63. The summed E-state index contributed by atoms with van der Waals surface area (Å²) in [6.07, 6.45) is 1.66. The van der Waals surface area contributed by atoms with Gasteiger partial charge in [0.1, 0.15) is 6.61 Å². The molecule has 0 saturated carbocycles. The Labute approximate surface area is 49.0 Å². The maximum Gasteiger partial charge on any atom is 0.157 e. The van der Waals surface area contributed by atoms with E-state index < -0.39 is 0 Å². The number of ether oxygens (including phenoxy) is 1. The van der Waals surface area contributed by atoms with Crippen molar-refractivity contribution in [1.29, 1.82) is 0 Å². The molecule has 0 aromatic heterocycles. The molecule has 0 unspecified atom stereocenters. The zero-order valence-corrected chi connectivity index (χ0v) is 5.12. The SMILES string of the molecule is C=CCOC(C)=S. The zero-order chi connectivity index (χ0) is 5.70. The fourth-order valence-corrected chi connectivity index (χ4v) is 0.244. The Kier molecular flexibility index (Phi) is 3.61. The predicted molar refractivity (Wildman–Crippen MR) is 34.4 cm³/mol. The van der Waals surface area contributed by atoms with Crippen LogP contribution in [0.1, 0.15) is 6.92 Å². The highest BCUT2D eigenvalue weighted by atomic mass is 32.1. The van der Waals surface area contributed by atoms with Gasteiger partial charge in [0.2, 0.25) is 0 Å². The lowest BCUT2D eigenvalue weighted by molar-refractivity contribution is 0.358. The van der Waals surface area contributed by atoms with E-state index in [0.717, 1.165) is 0 Å². The molecule has 40 valence electrons. The van der Waals surface area contributed by atoms with E-state index in [1.165, 1.54) is 0 Å². The van der Waals surface area contributed by atoms with Gasteiger partial charge in [-0.2, -0.15) is 0 Å². The minimum atomic E-state index is 0.523. The van der Waals surface area contributed by atoms with Crippen molar-refractivity contribution in [2.75, 3.05) is 6.61 Å². The summed E-state index contributed by atoms with van der Waals surface area (Å²) < 4.78 is 4.80. The molecule has 0 rings (SSSR count). The summed E-state index contributed by atoms with van der Waals surface area (Å²) in [5.41, 5.74) is 0. The number of rotatable bonds is 2. The predicted octanol–water partition coefficient (Wildman–Crippen LogP) is 1.54. The monoisotopic (exact) mass is 116 g/mol. The van der Waals surface area contributed by atoms with Gasteiger partial charge in [-0.15, -0.1) is 0 Å². The lowest BCUT2D eigenvalue weighted by Crippen LogP contribution is -1.93. The van der Waals surface area contributed by atoms with Gasteiger partial charge in [-0.05, 0) is 12.2 Å². The Morgan fingerprint density at radius 1 is 2.00 bits per heavy atom. The molecule has 0 bridgehead atoms. The van der Waals surface area contributed by atoms with Crippen LogP contribution in [0.3, 0.4) is 0 Å². The van der Waals surface area contributed by atoms with Crippen LogP contribution in [-0.4, -0.2) is 11.7 Å². The lowest BCUT2D eigenvalue weighted by Gasteiger charge is -1.94. The van der Waals surface area contributed by atoms with Crippen molar-refractivity contribution in [3.05, 3.63) is 12.7 Å². The van der Waals surface area contributed by atoms with Crippen LogP contribution >= 0.6 is 12.2 Å². The summed E-state index contributed by atoms with van der Waals surface area (Å²) in [6, 6.07) is 0. The van der Waals surface area contributed by atoms with Gasteiger partial charge >= 0.3 is 0 Å². The van der Waals surface area contributed by atoms with E-state index in [2.05, 4.69) is 18.8 Å². The topological polar surface area (TPSA) is 9.23 Å². The molecule has 1 nitrogen and oxygen atoms in total. The second kappa shape index (κ2) is 3.81. The highest BCUT2D eigenvalue weighted by molar-refractivity contribution is 7.80. The average molecular weight is 116 g/mol. The molecule has 0 aliphatic rings. The smallest absolute Gasteiger partial charge is 0.157 e. The van der Waals surface area contributed by atoms with Crippen LogP contribution in [-0.2, 0) is 4.74 Å². The fraction of sp³-hybridized carbons (Fsp3) is 0.400. The van der Waals surface area contributed by atoms with E-state index in [-0.39, 0.29) is 0 Å². The standard InChI is InChI=1S/C5H8OS/c1-3-4-6-5(2)7/h3H,1,4H2,2H3. The molecule has 0 amide bonds. The van der Waals surface area contributed by atoms with E-state index in [1.807, 2.05) is 0 Å². The largest absolute Gasteiger partial charge is 0.483 e. The Bertz CT molecular complexity index is 78.1. The first-order valence-electron chi connectivity index (χ1n) is 2.01. The second-order valence-corrected chi connectivity index (χ2v) is 1.67. The molecular weight excluding hydrogens is 108 g/mol. The molecule has 0 radical (unpaired) electrons. The van der Waals surface area contributed by atoms with Crippen LogP contribution < -0.4 is 0 Å². The first-order chi connectivity index (χ1) is 3.27. The van der Waals surface area contributed by atoms with Gasteiger partial charge in [0.25, 0.3) is 0 Å². The van der Waals surface area contributed by atoms with E-state index in [0.29, 0.717) is 11.7 Å². The summed E-state index contributed by atoms with van der Waals surface area (Å²) in [4.78, 5) is 0. The quantitative estimate of drug-likeness (QED) is 0.400. The van der Waals surface area contributed by atoms with E-state index in [4.69, 9.17) is 4.74 Å². The first kappa shape index (κ1) is 6.63. The molecule has 0 spiro atoms. The second-order valence-electron chi connectivity index (χ2n) is 1.09. The van der Waals surface area contributed by atoms with Crippen LogP contribution in [0.15, 0.2) is 12.7 Å². The third-order valence-corrected chi connectivity index (χ3v) is 0.522. The van der Waals surface area contributed by atoms with E-state index >= 15 is 0 Å². The minimum Gasteiger partial charge on any atom is -0.483 e. The van der Waals surface area contributed by atoms with Crippen molar-refractivity contribution in [2.24, 2.45) is 0 Å². The Balaban J connectivity index is 2.97. The highest BCUT2D eigenvalue weighted by Gasteiger charge is 1.78. The van der Waals surface area contributed by atoms with Crippen molar-refractivity contribution in [2.45, 2.75) is 6.92 Å². The molecule has 0 heterocycles. The van der Waals surface area contributed by atoms with Crippen molar-refractivity contribution in [1.82, 2.24) is 0 Å². The normalized spacial score (nSPS) is 7.57. The molecule has 0 aromatic carbocycles. The summed E-state index contributed by atoms with van der Waals surface area (Å²) in [7, 11) is 0. The molecule has 7 heavy (non-hydrogen) atoms. The van der Waals surface area contributed by atoms with Crippen LogP contribution in [0, 0.1) is 0 Å². The Morgan fingerprint density at radius 3 is 2.71 bits per heavy atom. The number of thiocarbonyl (C=S) groups is 1. The van der Waals surface area contributed by atoms with Crippen LogP contribution in [0.25, 0.3) is 0 Å². The summed E-state index contributed by atoms with van der Waals surface area (Å²) >= 11 is 4.59. The van der Waals surface area contributed by atoms with Gasteiger partial charge in [-0.1, -0.05) is 12.7 Å². The fourth-order valence-electron chi connectivity index (χ4n) is 0.176. The molecule has 0 atom stereocenters. The molecule has 0 fully saturated rings. The number of hydrogen-bond donors (Lipinski definition) is 0. The third-order valence-electron chi connectivity index (χ3n) is 0.404. The maximum absolute atomic E-state index is 4.80. The summed E-state index contributed by atoms with van der Waals surface area (Å²) in [5, 5.41) is 0.569. The maximum atomic E-state index is 4.80. The first-order valence-corrected chi connectivity index (χ1v) is 2.42. The molecule has 0 aromatic rings. The van der Waals surface area contributed by atoms with Gasteiger partial charge < -0.3 is 4.74 Å². The summed E-state index contributed by atoms with van der Waals surface area (Å²) in [6.45, 7) is 5.71. The van der Waals surface area contributed by atoms with Crippen molar-refractivity contribution in [3.8, 4) is 0 Å². The molecule has 0 saturated heterocycles. The zero-order valence-electron chi connectivity index (χ0n) is 4.31. The molecule has 0 aliphatic carbocycles. The van der Waals surface area contributed by atoms with Gasteiger partial charge in [-0.3, -0.25) is 0 Å². The molecule has 2 heteroatoms. The van der Waals surface area contributed by atoms with Gasteiger partial charge in [0.05, 0.1) is 0 Å². The average Bonchev–Trinajstić information content (AvgIpc) is 1.61. The molecule has 0 N–H and O–H groups in total. The van der Waals surface area contributed by atoms with Crippen LogP contribution in [0.4, 0.5) is 0 Å². The van der Waals surface area contributed by atoms with E-state index in [9.17, 15) is 0 Å². The van der Waals surface area contributed by atoms with Gasteiger partial charge in [0.15, 0.2) is 5.05 Å². The lowest BCUT2D eigenvalue weighted by atomic mass is 10.7. The number of hydrogen-bond acceptors (Lipinski definition) is 2. The van der Waals surface area contributed by atoms with Crippen molar-refractivity contribution < 1.29 is 4.74 Å². The van der Waals surface area contributed by atoms with Crippen molar-refractivity contribution >= 4 is 17.3 Å². The minimum absolute atomic E-state index is 0.523. The van der Waals surface area contributed by atoms with Crippen LogP contribution in [0.5, 0.6) is 0 Å². The molecule has 0 aliphatic heterocycles. The van der Waals surface area contributed by atoms with Gasteiger partial charge in [-0.25, -0.2) is 0 Å². The van der Waals surface area contributed by atoms with Crippen molar-refractivity contribution in [3.63, 3.8) is 0 Å². The molecular formula is C5H8OS. The van der Waals surface area contributed by atoms with Crippen LogP contribution in [0.2, 0.25) is 0 Å².